The number of rotatable bonds is 4. The summed E-state index contributed by atoms with van der Waals surface area (Å²) in [6, 6.07) is 1.43. The molecule has 1 saturated carbocycles. The Balaban J connectivity index is 2.04. The number of carbonyl (C=O) groups is 1. The van der Waals surface area contributed by atoms with Gasteiger partial charge in [0.2, 0.25) is 5.82 Å². The second-order valence-electron chi connectivity index (χ2n) is 4.81. The van der Waals surface area contributed by atoms with Gasteiger partial charge in [0.15, 0.2) is 0 Å². The minimum atomic E-state index is -0.767. The Morgan fingerprint density at radius 2 is 2.10 bits per heavy atom. The average Bonchev–Trinajstić information content (AvgIpc) is 2.41. The normalized spacial score (nSPS) is 22.2. The minimum Gasteiger partial charge on any atom is -0.481 e. The van der Waals surface area contributed by atoms with Gasteiger partial charge in [0.05, 0.1) is 10.8 Å². The van der Waals surface area contributed by atoms with E-state index >= 15 is 0 Å². The van der Waals surface area contributed by atoms with Gasteiger partial charge >= 0.3 is 11.7 Å². The second-order valence-corrected chi connectivity index (χ2v) is 5.73. The molecule has 0 spiro atoms. The van der Waals surface area contributed by atoms with Crippen molar-refractivity contribution in [3.63, 3.8) is 0 Å². The summed E-state index contributed by atoms with van der Waals surface area (Å²) in [4.78, 5) is 25.4. The third kappa shape index (κ3) is 3.44. The van der Waals surface area contributed by atoms with Gasteiger partial charge in [-0.3, -0.25) is 14.9 Å². The van der Waals surface area contributed by atoms with Crippen LogP contribution >= 0.6 is 15.9 Å². The zero-order chi connectivity index (χ0) is 14.7. The number of nitrogens with one attached hydrogen (secondary N) is 1. The molecule has 1 aromatic heterocycles. The summed E-state index contributed by atoms with van der Waals surface area (Å²) in [5.74, 6) is -0.839. The molecule has 1 heterocycles. The standard InChI is InChI=1S/C12H14BrN3O4/c13-8-5-10(16(19)20)11(14-6-8)15-9-3-1-7(2-4-9)12(17)18/h5-7,9H,1-4H2,(H,14,15)(H,17,18). The number of hydrogen-bond donors (Lipinski definition) is 2. The van der Waals surface area contributed by atoms with E-state index in [2.05, 4.69) is 26.2 Å². The van der Waals surface area contributed by atoms with Crippen LogP contribution in [-0.4, -0.2) is 27.0 Å². The molecule has 1 fully saturated rings. The van der Waals surface area contributed by atoms with Crippen molar-refractivity contribution in [3.8, 4) is 0 Å². The molecule has 1 aromatic rings. The van der Waals surface area contributed by atoms with Crippen LogP contribution in [0.15, 0.2) is 16.7 Å². The molecule has 108 valence electrons. The lowest BCUT2D eigenvalue weighted by Gasteiger charge is -2.27. The third-order valence-electron chi connectivity index (χ3n) is 3.45. The molecule has 0 amide bonds. The number of nitro groups is 1. The Hall–Kier alpha value is -1.70. The molecular formula is C12H14BrN3O4. The Morgan fingerprint density at radius 1 is 1.45 bits per heavy atom. The van der Waals surface area contributed by atoms with E-state index in [0.29, 0.717) is 30.2 Å². The van der Waals surface area contributed by atoms with Crippen LogP contribution in [-0.2, 0) is 4.79 Å². The van der Waals surface area contributed by atoms with Crippen molar-refractivity contribution in [2.24, 2.45) is 5.92 Å². The van der Waals surface area contributed by atoms with Crippen LogP contribution in [0, 0.1) is 16.0 Å². The van der Waals surface area contributed by atoms with Gasteiger partial charge in [-0.05, 0) is 41.6 Å². The molecule has 0 atom stereocenters. The number of aliphatic carboxylic acids is 1. The fourth-order valence-corrected chi connectivity index (χ4v) is 2.68. The maximum atomic E-state index is 11.0. The van der Waals surface area contributed by atoms with Crippen molar-refractivity contribution in [3.05, 3.63) is 26.9 Å². The van der Waals surface area contributed by atoms with E-state index in [-0.39, 0.29) is 23.5 Å². The van der Waals surface area contributed by atoms with E-state index in [1.807, 2.05) is 0 Å². The summed E-state index contributed by atoms with van der Waals surface area (Å²) in [5, 5.41) is 23.0. The van der Waals surface area contributed by atoms with Crippen molar-refractivity contribution in [1.29, 1.82) is 0 Å². The van der Waals surface area contributed by atoms with Gasteiger partial charge < -0.3 is 10.4 Å². The molecule has 2 N–H and O–H groups in total. The number of carboxylic acid groups (broad SMARTS) is 1. The molecule has 2 rings (SSSR count). The molecule has 1 aliphatic carbocycles. The first-order chi connectivity index (χ1) is 9.47. The first-order valence-electron chi connectivity index (χ1n) is 6.26. The Morgan fingerprint density at radius 3 is 2.65 bits per heavy atom. The lowest BCUT2D eigenvalue weighted by atomic mass is 9.86. The van der Waals surface area contributed by atoms with Crippen molar-refractivity contribution >= 4 is 33.4 Å². The lowest BCUT2D eigenvalue weighted by Crippen LogP contribution is -2.29. The highest BCUT2D eigenvalue weighted by Gasteiger charge is 2.27. The Labute approximate surface area is 123 Å². The molecule has 0 saturated heterocycles. The zero-order valence-corrected chi connectivity index (χ0v) is 12.2. The van der Waals surface area contributed by atoms with Gasteiger partial charge in [-0.2, -0.15) is 0 Å². The van der Waals surface area contributed by atoms with Gasteiger partial charge in [0.1, 0.15) is 0 Å². The van der Waals surface area contributed by atoms with E-state index in [4.69, 9.17) is 5.11 Å². The number of pyridine rings is 1. The van der Waals surface area contributed by atoms with E-state index in [1.165, 1.54) is 12.3 Å². The first kappa shape index (κ1) is 14.7. The molecule has 0 radical (unpaired) electrons. The number of nitrogens with zero attached hydrogens (tertiary/aromatic N) is 2. The summed E-state index contributed by atoms with van der Waals surface area (Å²) in [6.07, 6.45) is 4.00. The summed E-state index contributed by atoms with van der Waals surface area (Å²) in [5.41, 5.74) is -0.0836. The molecule has 7 nitrogen and oxygen atoms in total. The largest absolute Gasteiger partial charge is 0.481 e. The maximum Gasteiger partial charge on any atom is 0.312 e. The van der Waals surface area contributed by atoms with Crippen LogP contribution < -0.4 is 5.32 Å². The van der Waals surface area contributed by atoms with Crippen molar-refractivity contribution in [2.75, 3.05) is 5.32 Å². The smallest absolute Gasteiger partial charge is 0.312 e. The third-order valence-corrected chi connectivity index (χ3v) is 3.88. The molecule has 1 aliphatic rings. The predicted octanol–water partition coefficient (Wildman–Crippen LogP) is 2.81. The fraction of sp³-hybridized carbons (Fsp3) is 0.500. The first-order valence-corrected chi connectivity index (χ1v) is 7.06. The van der Waals surface area contributed by atoms with E-state index in [1.54, 1.807) is 0 Å². The lowest BCUT2D eigenvalue weighted by molar-refractivity contribution is -0.384. The van der Waals surface area contributed by atoms with Gasteiger partial charge in [0.25, 0.3) is 0 Å². The molecule has 20 heavy (non-hydrogen) atoms. The van der Waals surface area contributed by atoms with Crippen LogP contribution in [0.2, 0.25) is 0 Å². The second kappa shape index (κ2) is 6.17. The van der Waals surface area contributed by atoms with Crippen molar-refractivity contribution in [1.82, 2.24) is 4.98 Å². The fourth-order valence-electron chi connectivity index (χ4n) is 2.36. The SMILES string of the molecule is O=C(O)C1CCC(Nc2ncc(Br)cc2[N+](=O)[O-])CC1. The van der Waals surface area contributed by atoms with Gasteiger partial charge in [-0.15, -0.1) is 0 Å². The highest BCUT2D eigenvalue weighted by Crippen LogP contribution is 2.30. The summed E-state index contributed by atoms with van der Waals surface area (Å²) in [6.45, 7) is 0. The molecule has 0 aliphatic heterocycles. The number of carboxylic acids is 1. The van der Waals surface area contributed by atoms with E-state index in [9.17, 15) is 14.9 Å². The monoisotopic (exact) mass is 343 g/mol. The predicted molar refractivity (Wildman–Crippen MR) is 75.6 cm³/mol. The number of aromatic nitrogens is 1. The highest BCUT2D eigenvalue weighted by molar-refractivity contribution is 9.10. The van der Waals surface area contributed by atoms with Crippen LogP contribution in [0.1, 0.15) is 25.7 Å². The van der Waals surface area contributed by atoms with Crippen molar-refractivity contribution in [2.45, 2.75) is 31.7 Å². The quantitative estimate of drug-likeness (QED) is 0.643. The van der Waals surface area contributed by atoms with Crippen LogP contribution in [0.3, 0.4) is 0 Å². The summed E-state index contributed by atoms with van der Waals surface area (Å²) < 4.78 is 0.546. The molecular weight excluding hydrogens is 330 g/mol. The van der Waals surface area contributed by atoms with E-state index in [0.717, 1.165) is 0 Å². The number of anilines is 1. The number of hydrogen-bond acceptors (Lipinski definition) is 5. The Kier molecular flexibility index (Phi) is 4.53. The van der Waals surface area contributed by atoms with Gasteiger partial charge in [0, 0.05) is 22.8 Å². The minimum absolute atomic E-state index is 0.0259. The number of halogens is 1. The summed E-state index contributed by atoms with van der Waals surface area (Å²) >= 11 is 3.15. The molecule has 8 heteroatoms. The Bertz CT molecular complexity index is 529. The highest BCUT2D eigenvalue weighted by atomic mass is 79.9. The molecule has 0 aromatic carbocycles. The van der Waals surface area contributed by atoms with Crippen LogP contribution in [0.5, 0.6) is 0 Å². The molecule has 0 unspecified atom stereocenters. The zero-order valence-electron chi connectivity index (χ0n) is 10.6. The average molecular weight is 344 g/mol. The topological polar surface area (TPSA) is 105 Å². The summed E-state index contributed by atoms with van der Waals surface area (Å²) in [7, 11) is 0. The van der Waals surface area contributed by atoms with Crippen LogP contribution in [0.25, 0.3) is 0 Å². The van der Waals surface area contributed by atoms with Gasteiger partial charge in [-0.25, -0.2) is 4.98 Å². The van der Waals surface area contributed by atoms with Gasteiger partial charge in [-0.1, -0.05) is 0 Å². The van der Waals surface area contributed by atoms with Crippen LogP contribution in [0.4, 0.5) is 11.5 Å². The molecule has 0 bridgehead atoms. The van der Waals surface area contributed by atoms with E-state index < -0.39 is 10.9 Å². The maximum absolute atomic E-state index is 11.0. The van der Waals surface area contributed by atoms with Crippen molar-refractivity contribution < 1.29 is 14.8 Å².